The van der Waals surface area contributed by atoms with E-state index >= 15 is 0 Å². The third-order valence-electron chi connectivity index (χ3n) is 6.54. The van der Waals surface area contributed by atoms with Crippen molar-refractivity contribution in [2.24, 2.45) is 11.3 Å². The molecule has 1 saturated carbocycles. The lowest BCUT2D eigenvalue weighted by molar-refractivity contribution is 0.0812. The molecule has 0 amide bonds. The van der Waals surface area contributed by atoms with E-state index in [-0.39, 0.29) is 0 Å². The first-order valence-electron chi connectivity index (χ1n) is 9.95. The molecule has 0 radical (unpaired) electrons. The van der Waals surface area contributed by atoms with Crippen LogP contribution in [0.5, 0.6) is 0 Å². The SMILES string of the molecule is C1CC(CC2CO2)(CC2CO2)CCC1CN(CC1CO1)CC1CO1. The second-order valence-electron chi connectivity index (χ2n) is 8.89. The Kier molecular flexibility index (Phi) is 4.34. The van der Waals surface area contributed by atoms with Gasteiger partial charge < -0.3 is 18.9 Å². The van der Waals surface area contributed by atoms with Crippen LogP contribution in [-0.2, 0) is 18.9 Å². The van der Waals surface area contributed by atoms with Gasteiger partial charge >= 0.3 is 0 Å². The standard InChI is InChI=1S/C19H31NO4/c1-3-19(5-15-10-21-15,6-16-11-22-16)4-2-14(1)7-20(8-17-12-23-17)9-18-13-24-18/h14-18H,1-13H2. The highest BCUT2D eigenvalue weighted by Gasteiger charge is 2.44. The van der Waals surface area contributed by atoms with Crippen molar-refractivity contribution in [1.82, 2.24) is 4.90 Å². The molecule has 1 aliphatic carbocycles. The van der Waals surface area contributed by atoms with E-state index in [0.29, 0.717) is 29.8 Å². The summed E-state index contributed by atoms with van der Waals surface area (Å²) in [6.45, 7) is 7.34. The van der Waals surface area contributed by atoms with Crippen molar-refractivity contribution < 1.29 is 18.9 Å². The van der Waals surface area contributed by atoms with Crippen molar-refractivity contribution in [3.8, 4) is 0 Å². The number of ether oxygens (including phenoxy) is 4. The lowest BCUT2D eigenvalue weighted by atomic mass is 9.65. The van der Waals surface area contributed by atoms with Gasteiger partial charge in [0.15, 0.2) is 0 Å². The minimum atomic E-state index is 0.491. The van der Waals surface area contributed by atoms with Gasteiger partial charge in [0.25, 0.3) is 0 Å². The molecule has 5 nitrogen and oxygen atoms in total. The zero-order valence-corrected chi connectivity index (χ0v) is 14.7. The summed E-state index contributed by atoms with van der Waals surface area (Å²) < 4.78 is 22.0. The number of hydrogen-bond acceptors (Lipinski definition) is 5. The van der Waals surface area contributed by atoms with Crippen molar-refractivity contribution in [2.45, 2.75) is 62.9 Å². The van der Waals surface area contributed by atoms with E-state index in [0.717, 1.165) is 45.4 Å². The first-order chi connectivity index (χ1) is 11.8. The quantitative estimate of drug-likeness (QED) is 0.569. The minimum absolute atomic E-state index is 0.491. The summed E-state index contributed by atoms with van der Waals surface area (Å²) in [6.07, 6.45) is 10.1. The van der Waals surface area contributed by atoms with Crippen molar-refractivity contribution in [1.29, 1.82) is 0 Å². The highest BCUT2D eigenvalue weighted by Crippen LogP contribution is 2.49. The van der Waals surface area contributed by atoms with E-state index < -0.39 is 0 Å². The lowest BCUT2D eigenvalue weighted by Crippen LogP contribution is -2.39. The molecule has 4 aliphatic heterocycles. The van der Waals surface area contributed by atoms with Gasteiger partial charge in [0.1, 0.15) is 0 Å². The fraction of sp³-hybridized carbons (Fsp3) is 1.00. The Morgan fingerprint density at radius 2 is 1.12 bits per heavy atom. The molecule has 5 rings (SSSR count). The van der Waals surface area contributed by atoms with Gasteiger partial charge in [0.05, 0.1) is 50.8 Å². The van der Waals surface area contributed by atoms with Crippen molar-refractivity contribution in [3.63, 3.8) is 0 Å². The van der Waals surface area contributed by atoms with Gasteiger partial charge in [-0.15, -0.1) is 0 Å². The average Bonchev–Trinajstić information content (AvgIpc) is 3.41. The van der Waals surface area contributed by atoms with Gasteiger partial charge in [-0.05, 0) is 49.9 Å². The van der Waals surface area contributed by atoms with E-state index in [4.69, 9.17) is 18.9 Å². The highest BCUT2D eigenvalue weighted by molar-refractivity contribution is 4.94. The van der Waals surface area contributed by atoms with Gasteiger partial charge in [0.2, 0.25) is 0 Å². The normalized spacial score (nSPS) is 46.1. The summed E-state index contributed by atoms with van der Waals surface area (Å²) in [4.78, 5) is 2.61. The first kappa shape index (κ1) is 16.0. The third kappa shape index (κ3) is 4.50. The first-order valence-corrected chi connectivity index (χ1v) is 9.95. The molecule has 0 N–H and O–H groups in total. The van der Waals surface area contributed by atoms with Gasteiger partial charge in [-0.3, -0.25) is 4.90 Å². The number of epoxide rings is 4. The van der Waals surface area contributed by atoms with Gasteiger partial charge in [-0.1, -0.05) is 0 Å². The smallest absolute Gasteiger partial charge is 0.0936 e. The van der Waals surface area contributed by atoms with Gasteiger partial charge in [-0.25, -0.2) is 0 Å². The Hall–Kier alpha value is -0.200. The number of hydrogen-bond donors (Lipinski definition) is 0. The van der Waals surface area contributed by atoms with Crippen molar-refractivity contribution >= 4 is 0 Å². The van der Waals surface area contributed by atoms with Crippen LogP contribution in [0.3, 0.4) is 0 Å². The highest BCUT2D eigenvalue weighted by atomic mass is 16.6. The van der Waals surface area contributed by atoms with E-state index in [1.165, 1.54) is 45.1 Å². The molecule has 24 heavy (non-hydrogen) atoms. The lowest BCUT2D eigenvalue weighted by Gasteiger charge is -2.41. The molecule has 4 heterocycles. The molecule has 136 valence electrons. The minimum Gasteiger partial charge on any atom is -0.373 e. The van der Waals surface area contributed by atoms with Crippen LogP contribution in [0, 0.1) is 11.3 Å². The van der Waals surface area contributed by atoms with Crippen LogP contribution in [0.4, 0.5) is 0 Å². The fourth-order valence-electron chi connectivity index (χ4n) is 4.81. The largest absolute Gasteiger partial charge is 0.373 e. The zero-order chi connectivity index (χ0) is 16.0. The molecule has 5 aliphatic rings. The maximum atomic E-state index is 5.55. The molecule has 0 aromatic rings. The molecule has 4 saturated heterocycles. The van der Waals surface area contributed by atoms with Crippen LogP contribution in [0.25, 0.3) is 0 Å². The second-order valence-corrected chi connectivity index (χ2v) is 8.89. The average molecular weight is 337 g/mol. The van der Waals surface area contributed by atoms with Crippen LogP contribution in [-0.4, -0.2) is 75.4 Å². The van der Waals surface area contributed by atoms with Crippen LogP contribution in [0.15, 0.2) is 0 Å². The molecule has 0 aromatic heterocycles. The second kappa shape index (κ2) is 6.51. The maximum absolute atomic E-state index is 5.55. The Morgan fingerprint density at radius 1 is 0.667 bits per heavy atom. The number of rotatable bonds is 10. The molecule has 5 heteroatoms. The van der Waals surface area contributed by atoms with Gasteiger partial charge in [0, 0.05) is 19.6 Å². The van der Waals surface area contributed by atoms with E-state index in [1.807, 2.05) is 0 Å². The van der Waals surface area contributed by atoms with Crippen LogP contribution < -0.4 is 0 Å². The maximum Gasteiger partial charge on any atom is 0.0936 e. The van der Waals surface area contributed by atoms with Crippen LogP contribution >= 0.6 is 0 Å². The predicted octanol–water partition coefficient (Wildman–Crippen LogP) is 1.84. The summed E-state index contributed by atoms with van der Waals surface area (Å²) in [5.41, 5.74) is 0.503. The molecule has 4 atom stereocenters. The molecule has 4 unspecified atom stereocenters. The fourth-order valence-corrected chi connectivity index (χ4v) is 4.81. The van der Waals surface area contributed by atoms with E-state index in [9.17, 15) is 0 Å². The Labute approximate surface area is 144 Å². The summed E-state index contributed by atoms with van der Waals surface area (Å²) >= 11 is 0. The van der Waals surface area contributed by atoms with E-state index in [1.54, 1.807) is 0 Å². The van der Waals surface area contributed by atoms with Crippen molar-refractivity contribution in [2.75, 3.05) is 46.1 Å². The van der Waals surface area contributed by atoms with E-state index in [2.05, 4.69) is 4.90 Å². The van der Waals surface area contributed by atoms with Crippen LogP contribution in [0.2, 0.25) is 0 Å². The molecule has 0 aromatic carbocycles. The Balaban J connectivity index is 1.13. The third-order valence-corrected chi connectivity index (χ3v) is 6.54. The summed E-state index contributed by atoms with van der Waals surface area (Å²) in [5.74, 6) is 0.843. The topological polar surface area (TPSA) is 53.4 Å². The number of nitrogens with zero attached hydrogens (tertiary/aromatic N) is 1. The Morgan fingerprint density at radius 3 is 1.54 bits per heavy atom. The monoisotopic (exact) mass is 337 g/mol. The van der Waals surface area contributed by atoms with Crippen LogP contribution in [0.1, 0.15) is 38.5 Å². The summed E-state index contributed by atoms with van der Waals surface area (Å²) in [6, 6.07) is 0. The molecular formula is C19H31NO4. The summed E-state index contributed by atoms with van der Waals surface area (Å²) in [7, 11) is 0. The predicted molar refractivity (Wildman–Crippen MR) is 89.0 cm³/mol. The summed E-state index contributed by atoms with van der Waals surface area (Å²) in [5, 5.41) is 0. The molecule has 5 fully saturated rings. The zero-order valence-electron chi connectivity index (χ0n) is 14.7. The van der Waals surface area contributed by atoms with Crippen molar-refractivity contribution in [3.05, 3.63) is 0 Å². The molecule has 0 spiro atoms. The van der Waals surface area contributed by atoms with Gasteiger partial charge in [-0.2, -0.15) is 0 Å². The Bertz CT molecular complexity index is 405. The molecular weight excluding hydrogens is 306 g/mol. The molecule has 0 bridgehead atoms.